The molecule has 188 valence electrons. The van der Waals surface area contributed by atoms with Crippen LogP contribution in [0.15, 0.2) is 24.7 Å². The highest BCUT2D eigenvalue weighted by Gasteiger charge is 2.38. The zero-order valence-corrected chi connectivity index (χ0v) is 19.1. The molecule has 0 spiro atoms. The van der Waals surface area contributed by atoms with Gasteiger partial charge in [0.15, 0.2) is 17.5 Å². The molecule has 0 unspecified atom stereocenters. The SMILES string of the molecule is N#CCC(=O)N1CCN(c2nc(-c3c[nH]c4ncc(Cl)cc34)ncc2F)[C@@H](C(=O)NCC(F)(F)F)C1. The maximum Gasteiger partial charge on any atom is 0.405 e. The first-order valence-corrected chi connectivity index (χ1v) is 10.9. The molecule has 3 aromatic rings. The van der Waals surface area contributed by atoms with E-state index < -0.39 is 42.8 Å². The van der Waals surface area contributed by atoms with Crippen LogP contribution in [0.25, 0.3) is 22.4 Å². The standard InChI is InChI=1S/C21H17ClF4N8O2/c22-11-5-12-13(7-29-17(12)28-6-11)18-30-8-14(23)19(32-18)34-4-3-33(16(35)1-2-27)9-15(34)20(36)31-10-21(24,25)26/h5-8,15H,1,3-4,9-10H2,(H,28,29)(H,31,36)/t15-/m1/s1. The highest BCUT2D eigenvalue weighted by Crippen LogP contribution is 2.30. The van der Waals surface area contributed by atoms with Gasteiger partial charge in [0.25, 0.3) is 0 Å². The van der Waals surface area contributed by atoms with E-state index in [1.807, 2.05) is 0 Å². The molecule has 36 heavy (non-hydrogen) atoms. The first kappa shape index (κ1) is 25.1. The second-order valence-corrected chi connectivity index (χ2v) is 8.27. The highest BCUT2D eigenvalue weighted by atomic mass is 35.5. The normalized spacial score (nSPS) is 16.2. The lowest BCUT2D eigenvalue weighted by molar-refractivity contribution is -0.141. The third-order valence-electron chi connectivity index (χ3n) is 5.47. The number of aromatic nitrogens is 4. The number of pyridine rings is 1. The molecule has 0 aliphatic carbocycles. The number of halogens is 5. The third-order valence-corrected chi connectivity index (χ3v) is 5.67. The van der Waals surface area contributed by atoms with Crippen molar-refractivity contribution in [1.29, 1.82) is 5.26 Å². The number of nitrogens with zero attached hydrogens (tertiary/aromatic N) is 6. The van der Waals surface area contributed by atoms with Crippen molar-refractivity contribution in [3.8, 4) is 17.5 Å². The van der Waals surface area contributed by atoms with Crippen molar-refractivity contribution in [2.75, 3.05) is 31.1 Å². The molecule has 1 saturated heterocycles. The van der Waals surface area contributed by atoms with Gasteiger partial charge in [0.1, 0.15) is 24.7 Å². The number of amides is 2. The van der Waals surface area contributed by atoms with Gasteiger partial charge in [-0.25, -0.2) is 19.3 Å². The van der Waals surface area contributed by atoms with Gasteiger partial charge >= 0.3 is 6.18 Å². The van der Waals surface area contributed by atoms with Gasteiger partial charge in [-0.2, -0.15) is 18.4 Å². The lowest BCUT2D eigenvalue weighted by Gasteiger charge is -2.41. The number of hydrogen-bond donors (Lipinski definition) is 2. The van der Waals surface area contributed by atoms with Gasteiger partial charge in [-0.05, 0) is 6.07 Å². The van der Waals surface area contributed by atoms with Crippen LogP contribution >= 0.6 is 11.6 Å². The van der Waals surface area contributed by atoms with Crippen LogP contribution < -0.4 is 10.2 Å². The van der Waals surface area contributed by atoms with E-state index in [4.69, 9.17) is 16.9 Å². The minimum absolute atomic E-state index is 0.00501. The van der Waals surface area contributed by atoms with E-state index in [0.29, 0.717) is 21.6 Å². The van der Waals surface area contributed by atoms with Crippen LogP contribution in [0, 0.1) is 17.1 Å². The van der Waals surface area contributed by atoms with Gasteiger partial charge in [-0.1, -0.05) is 11.6 Å². The van der Waals surface area contributed by atoms with E-state index in [2.05, 4.69) is 19.9 Å². The Morgan fingerprint density at radius 2 is 2.06 bits per heavy atom. The predicted octanol–water partition coefficient (Wildman–Crippen LogP) is 2.42. The summed E-state index contributed by atoms with van der Waals surface area (Å²) in [6, 6.07) is 1.90. The molecule has 0 bridgehead atoms. The molecule has 0 radical (unpaired) electrons. The summed E-state index contributed by atoms with van der Waals surface area (Å²) in [5, 5.41) is 11.5. The number of nitriles is 1. The average Bonchev–Trinajstić information content (AvgIpc) is 3.25. The largest absolute Gasteiger partial charge is 0.405 e. The van der Waals surface area contributed by atoms with Crippen LogP contribution in [0.3, 0.4) is 0 Å². The molecule has 4 heterocycles. The van der Waals surface area contributed by atoms with Crippen LogP contribution in [0.1, 0.15) is 6.42 Å². The van der Waals surface area contributed by atoms with E-state index in [1.165, 1.54) is 22.2 Å². The number of H-pyrrole nitrogens is 1. The molecule has 1 fully saturated rings. The second-order valence-electron chi connectivity index (χ2n) is 7.83. The number of anilines is 1. The molecule has 15 heteroatoms. The quantitative estimate of drug-likeness (QED) is 0.490. The Morgan fingerprint density at radius 3 is 2.78 bits per heavy atom. The Balaban J connectivity index is 1.70. The van der Waals surface area contributed by atoms with Crippen molar-refractivity contribution in [3.63, 3.8) is 0 Å². The van der Waals surface area contributed by atoms with Gasteiger partial charge < -0.3 is 20.1 Å². The number of carbonyl (C=O) groups excluding carboxylic acids is 2. The average molecular weight is 525 g/mol. The Bertz CT molecular complexity index is 1360. The smallest absolute Gasteiger partial charge is 0.345 e. The molecule has 0 aromatic carbocycles. The minimum atomic E-state index is -4.68. The lowest BCUT2D eigenvalue weighted by atomic mass is 10.1. The van der Waals surface area contributed by atoms with E-state index in [0.717, 1.165) is 6.20 Å². The van der Waals surface area contributed by atoms with E-state index in [-0.39, 0.29) is 31.3 Å². The summed E-state index contributed by atoms with van der Waals surface area (Å²) < 4.78 is 53.1. The number of fused-ring (bicyclic) bond motifs is 1. The molecule has 1 atom stereocenters. The van der Waals surface area contributed by atoms with Crippen LogP contribution in [0.5, 0.6) is 0 Å². The highest BCUT2D eigenvalue weighted by molar-refractivity contribution is 6.31. The van der Waals surface area contributed by atoms with Gasteiger partial charge in [-0.15, -0.1) is 0 Å². The van der Waals surface area contributed by atoms with Crippen molar-refractivity contribution in [2.45, 2.75) is 18.6 Å². The fourth-order valence-electron chi connectivity index (χ4n) is 3.82. The van der Waals surface area contributed by atoms with E-state index in [1.54, 1.807) is 17.5 Å². The Labute approximate surface area is 205 Å². The fraction of sp³-hybridized carbons (Fsp3) is 0.333. The maximum absolute atomic E-state index is 14.9. The first-order chi connectivity index (χ1) is 17.1. The molecule has 4 rings (SSSR count). The second kappa shape index (κ2) is 9.94. The lowest BCUT2D eigenvalue weighted by Crippen LogP contribution is -2.61. The van der Waals surface area contributed by atoms with Gasteiger partial charge in [0.2, 0.25) is 11.8 Å². The molecular formula is C21H17ClF4N8O2. The predicted molar refractivity (Wildman–Crippen MR) is 119 cm³/mol. The molecule has 1 aliphatic rings. The van der Waals surface area contributed by atoms with Crippen LogP contribution in [-0.2, 0) is 9.59 Å². The Hall–Kier alpha value is -3.99. The number of nitrogens with one attached hydrogen (secondary N) is 2. The van der Waals surface area contributed by atoms with E-state index >= 15 is 0 Å². The fourth-order valence-corrected chi connectivity index (χ4v) is 3.98. The maximum atomic E-state index is 14.9. The number of aromatic amines is 1. The number of piperazine rings is 1. The van der Waals surface area contributed by atoms with E-state index in [9.17, 15) is 27.2 Å². The molecule has 2 amide bonds. The van der Waals surface area contributed by atoms with Crippen molar-refractivity contribution in [1.82, 2.24) is 30.2 Å². The monoisotopic (exact) mass is 524 g/mol. The first-order valence-electron chi connectivity index (χ1n) is 10.5. The number of hydrogen-bond acceptors (Lipinski definition) is 7. The van der Waals surface area contributed by atoms with Gasteiger partial charge in [0.05, 0.1) is 23.8 Å². The molecule has 2 N–H and O–H groups in total. The van der Waals surface area contributed by atoms with Gasteiger partial charge in [-0.3, -0.25) is 9.59 Å². The minimum Gasteiger partial charge on any atom is -0.345 e. The van der Waals surface area contributed by atoms with Crippen LogP contribution in [0.2, 0.25) is 5.02 Å². The summed E-state index contributed by atoms with van der Waals surface area (Å²) in [5.74, 6) is -2.87. The molecule has 1 aliphatic heterocycles. The van der Waals surface area contributed by atoms with Crippen molar-refractivity contribution in [3.05, 3.63) is 35.5 Å². The molecule has 0 saturated carbocycles. The number of carbonyl (C=O) groups is 2. The summed E-state index contributed by atoms with van der Waals surface area (Å²) in [5.41, 5.74) is 0.903. The summed E-state index contributed by atoms with van der Waals surface area (Å²) in [7, 11) is 0. The zero-order valence-electron chi connectivity index (χ0n) is 18.3. The van der Waals surface area contributed by atoms with Crippen molar-refractivity contribution >= 4 is 40.3 Å². The van der Waals surface area contributed by atoms with Crippen LogP contribution in [-0.4, -0.2) is 75.0 Å². The third kappa shape index (κ3) is 5.30. The Kier molecular flexibility index (Phi) is 6.93. The summed E-state index contributed by atoms with van der Waals surface area (Å²) >= 11 is 6.03. The van der Waals surface area contributed by atoms with Crippen LogP contribution in [0.4, 0.5) is 23.4 Å². The number of alkyl halides is 3. The molecule has 3 aromatic heterocycles. The number of rotatable bonds is 5. The topological polar surface area (TPSA) is 131 Å². The van der Waals surface area contributed by atoms with Gasteiger partial charge in [0, 0.05) is 36.4 Å². The summed E-state index contributed by atoms with van der Waals surface area (Å²) in [6.45, 7) is -2.11. The Morgan fingerprint density at radius 1 is 1.28 bits per heavy atom. The molecular weight excluding hydrogens is 508 g/mol. The summed E-state index contributed by atoms with van der Waals surface area (Å²) in [6.07, 6.45) is -1.30. The van der Waals surface area contributed by atoms with Crippen molar-refractivity contribution < 1.29 is 27.2 Å². The zero-order chi connectivity index (χ0) is 26.0. The van der Waals surface area contributed by atoms with Crippen molar-refractivity contribution in [2.24, 2.45) is 0 Å². The summed E-state index contributed by atoms with van der Waals surface area (Å²) in [4.78, 5) is 42.6. The molecule has 10 nitrogen and oxygen atoms in total.